The molecule has 0 aromatic rings. The first kappa shape index (κ1) is 21.4. The van der Waals surface area contributed by atoms with Crippen molar-refractivity contribution in [3.8, 4) is 0 Å². The molecular weight excluding hydrogens is 330 g/mol. The highest BCUT2D eigenvalue weighted by Crippen LogP contribution is 2.32. The molecule has 0 saturated carbocycles. The van der Waals surface area contributed by atoms with Crippen molar-refractivity contribution in [2.45, 2.75) is 39.7 Å². The lowest BCUT2D eigenvalue weighted by molar-refractivity contribution is 0.107. The minimum absolute atomic E-state index is 0.000795. The molecule has 152 valence electrons. The van der Waals surface area contributed by atoms with E-state index in [9.17, 15) is 5.11 Å². The Labute approximate surface area is 159 Å². The first-order valence-corrected chi connectivity index (χ1v) is 10.3. The molecule has 2 atom stereocenters. The number of aliphatic hydroxyl groups is 1. The van der Waals surface area contributed by atoms with E-state index in [1.807, 2.05) is 0 Å². The minimum Gasteiger partial charge on any atom is -0.396 e. The number of guanidine groups is 1. The van der Waals surface area contributed by atoms with E-state index in [-0.39, 0.29) is 12.0 Å². The molecule has 2 rings (SSSR count). The number of hydrogen-bond donors (Lipinski definition) is 3. The first-order chi connectivity index (χ1) is 12.6. The molecule has 7 heteroatoms. The zero-order valence-corrected chi connectivity index (χ0v) is 17.0. The molecule has 0 bridgehead atoms. The lowest BCUT2D eigenvalue weighted by Crippen LogP contribution is -2.53. The van der Waals surface area contributed by atoms with Gasteiger partial charge in [-0.05, 0) is 33.2 Å². The van der Waals surface area contributed by atoms with Gasteiger partial charge >= 0.3 is 0 Å². The zero-order valence-electron chi connectivity index (χ0n) is 17.0. The molecule has 2 saturated heterocycles. The van der Waals surface area contributed by atoms with Crippen LogP contribution in [0.1, 0.15) is 33.6 Å². The molecule has 2 fully saturated rings. The smallest absolute Gasteiger partial charge is 0.191 e. The van der Waals surface area contributed by atoms with E-state index in [0.717, 1.165) is 58.1 Å². The van der Waals surface area contributed by atoms with Crippen LogP contribution in [-0.2, 0) is 4.74 Å². The van der Waals surface area contributed by atoms with Crippen molar-refractivity contribution in [2.75, 3.05) is 72.2 Å². The predicted molar refractivity (Wildman–Crippen MR) is 107 cm³/mol. The molecule has 0 aliphatic carbocycles. The molecule has 2 unspecified atom stereocenters. The first-order valence-electron chi connectivity index (χ1n) is 10.3. The van der Waals surface area contributed by atoms with Gasteiger partial charge in [-0.15, -0.1) is 0 Å². The molecule has 0 amide bonds. The Hall–Kier alpha value is -0.890. The third kappa shape index (κ3) is 6.37. The average molecular weight is 370 g/mol. The fourth-order valence-corrected chi connectivity index (χ4v) is 3.77. The largest absolute Gasteiger partial charge is 0.396 e. The van der Waals surface area contributed by atoms with Crippen LogP contribution in [0.5, 0.6) is 0 Å². The molecule has 26 heavy (non-hydrogen) atoms. The van der Waals surface area contributed by atoms with Crippen LogP contribution in [0.3, 0.4) is 0 Å². The van der Waals surface area contributed by atoms with Gasteiger partial charge in [0.05, 0.1) is 13.2 Å². The summed E-state index contributed by atoms with van der Waals surface area (Å²) < 4.78 is 5.57. The second kappa shape index (κ2) is 11.1. The van der Waals surface area contributed by atoms with Gasteiger partial charge in [0.1, 0.15) is 0 Å². The Morgan fingerprint density at radius 3 is 2.58 bits per heavy atom. The zero-order chi connectivity index (χ0) is 18.8. The van der Waals surface area contributed by atoms with Crippen LogP contribution in [0, 0.1) is 5.41 Å². The minimum atomic E-state index is -0.000795. The Bertz CT molecular complexity index is 418. The quantitative estimate of drug-likeness (QED) is 0.403. The van der Waals surface area contributed by atoms with E-state index in [1.54, 1.807) is 0 Å². The van der Waals surface area contributed by atoms with Crippen molar-refractivity contribution in [3.63, 3.8) is 0 Å². The van der Waals surface area contributed by atoms with Crippen LogP contribution < -0.4 is 10.6 Å². The molecule has 3 N–H and O–H groups in total. The van der Waals surface area contributed by atoms with Crippen molar-refractivity contribution < 1.29 is 9.84 Å². The molecule has 7 nitrogen and oxygen atoms in total. The number of likely N-dealkylation sites (N-methyl/N-ethyl adjacent to an activating group) is 1. The van der Waals surface area contributed by atoms with Gasteiger partial charge < -0.3 is 25.4 Å². The maximum Gasteiger partial charge on any atom is 0.191 e. The Morgan fingerprint density at radius 2 is 2.00 bits per heavy atom. The van der Waals surface area contributed by atoms with Gasteiger partial charge in [0.25, 0.3) is 0 Å². The summed E-state index contributed by atoms with van der Waals surface area (Å²) in [5.74, 6) is 0.871. The van der Waals surface area contributed by atoms with Crippen LogP contribution >= 0.6 is 0 Å². The molecule has 0 aromatic heterocycles. The number of ether oxygens (including phenoxy) is 1. The van der Waals surface area contributed by atoms with Gasteiger partial charge in [-0.2, -0.15) is 0 Å². The summed E-state index contributed by atoms with van der Waals surface area (Å²) in [4.78, 5) is 9.87. The van der Waals surface area contributed by atoms with Gasteiger partial charge in [-0.25, -0.2) is 0 Å². The van der Waals surface area contributed by atoms with Crippen LogP contribution in [0.25, 0.3) is 0 Å². The molecule has 0 spiro atoms. The van der Waals surface area contributed by atoms with Gasteiger partial charge in [-0.3, -0.25) is 9.89 Å². The van der Waals surface area contributed by atoms with Crippen LogP contribution in [0.15, 0.2) is 4.99 Å². The van der Waals surface area contributed by atoms with E-state index < -0.39 is 0 Å². The van der Waals surface area contributed by atoms with E-state index in [4.69, 9.17) is 9.73 Å². The highest BCUT2D eigenvalue weighted by Gasteiger charge is 2.34. The van der Waals surface area contributed by atoms with Crippen LogP contribution in [-0.4, -0.2) is 99.1 Å². The van der Waals surface area contributed by atoms with Crippen molar-refractivity contribution in [1.82, 2.24) is 20.4 Å². The van der Waals surface area contributed by atoms with Gasteiger partial charge in [0, 0.05) is 63.9 Å². The molecule has 2 aliphatic heterocycles. The van der Waals surface area contributed by atoms with E-state index >= 15 is 0 Å². The maximum absolute atomic E-state index is 9.37. The van der Waals surface area contributed by atoms with Crippen LogP contribution in [0.4, 0.5) is 0 Å². The number of nitrogens with one attached hydrogen (secondary N) is 2. The molecular formula is C19H39N5O2. The monoisotopic (exact) mass is 369 g/mol. The molecule has 2 aliphatic rings. The highest BCUT2D eigenvalue weighted by atomic mass is 16.5. The van der Waals surface area contributed by atoms with E-state index in [0.29, 0.717) is 19.2 Å². The summed E-state index contributed by atoms with van der Waals surface area (Å²) in [6.45, 7) is 16.5. The van der Waals surface area contributed by atoms with Crippen molar-refractivity contribution >= 4 is 5.96 Å². The molecule has 0 radical (unpaired) electrons. The fraction of sp³-hybridized carbons (Fsp3) is 0.947. The Kier molecular flexibility index (Phi) is 9.11. The summed E-state index contributed by atoms with van der Waals surface area (Å²) in [5, 5.41) is 16.2. The van der Waals surface area contributed by atoms with Gasteiger partial charge in [0.2, 0.25) is 0 Å². The molecule has 2 heterocycles. The normalized spacial score (nSPS) is 26.8. The number of piperazine rings is 1. The number of nitrogens with zero attached hydrogens (tertiary/aromatic N) is 3. The third-order valence-electron chi connectivity index (χ3n) is 5.79. The number of hydrogen-bond acceptors (Lipinski definition) is 5. The second-order valence-corrected chi connectivity index (χ2v) is 7.67. The SMILES string of the molecule is CCNC(=NCC1(CCO)CCOC1)NCC(C)N1CCN(CC)CC1. The van der Waals surface area contributed by atoms with Gasteiger partial charge in [-0.1, -0.05) is 6.92 Å². The lowest BCUT2D eigenvalue weighted by Gasteiger charge is -2.37. The fourth-order valence-electron chi connectivity index (χ4n) is 3.77. The number of aliphatic imine (C=N–C) groups is 1. The van der Waals surface area contributed by atoms with Crippen molar-refractivity contribution in [3.05, 3.63) is 0 Å². The second-order valence-electron chi connectivity index (χ2n) is 7.67. The summed E-state index contributed by atoms with van der Waals surface area (Å²) in [6, 6.07) is 0.485. The predicted octanol–water partition coefficient (Wildman–Crippen LogP) is 0.357. The number of aliphatic hydroxyl groups excluding tert-OH is 1. The average Bonchev–Trinajstić information content (AvgIpc) is 3.13. The lowest BCUT2D eigenvalue weighted by atomic mass is 9.84. The number of rotatable bonds is 9. The topological polar surface area (TPSA) is 72.4 Å². The van der Waals surface area contributed by atoms with Gasteiger partial charge in [0.15, 0.2) is 5.96 Å². The van der Waals surface area contributed by atoms with E-state index in [1.165, 1.54) is 13.1 Å². The van der Waals surface area contributed by atoms with E-state index in [2.05, 4.69) is 41.2 Å². The third-order valence-corrected chi connectivity index (χ3v) is 5.79. The molecule has 0 aromatic carbocycles. The Balaban J connectivity index is 1.83. The highest BCUT2D eigenvalue weighted by molar-refractivity contribution is 5.79. The maximum atomic E-state index is 9.37. The summed E-state index contributed by atoms with van der Waals surface area (Å²) >= 11 is 0. The Morgan fingerprint density at radius 1 is 1.23 bits per heavy atom. The standard InChI is InChI=1S/C19H39N5O2/c1-4-20-18(22-15-19(6-12-25)7-13-26-16-19)21-14-17(3)24-10-8-23(5-2)9-11-24/h17,25H,4-16H2,1-3H3,(H2,20,21,22). The van der Waals surface area contributed by atoms with Crippen LogP contribution in [0.2, 0.25) is 0 Å². The summed E-state index contributed by atoms with van der Waals surface area (Å²) in [6.07, 6.45) is 1.74. The summed E-state index contributed by atoms with van der Waals surface area (Å²) in [7, 11) is 0. The summed E-state index contributed by atoms with van der Waals surface area (Å²) in [5.41, 5.74) is -0.000795. The van der Waals surface area contributed by atoms with Crippen molar-refractivity contribution in [1.29, 1.82) is 0 Å². The van der Waals surface area contributed by atoms with Crippen molar-refractivity contribution in [2.24, 2.45) is 10.4 Å².